The van der Waals surface area contributed by atoms with Gasteiger partial charge in [0.2, 0.25) is 0 Å². The zero-order chi connectivity index (χ0) is 12.1. The number of carboxylic acids is 1. The van der Waals surface area contributed by atoms with Crippen molar-refractivity contribution in [1.82, 2.24) is 0 Å². The van der Waals surface area contributed by atoms with E-state index in [0.29, 0.717) is 0 Å². The third-order valence-electron chi connectivity index (χ3n) is 2.20. The molecule has 1 atom stereocenters. The van der Waals surface area contributed by atoms with Crippen LogP contribution in [0.25, 0.3) is 0 Å². The minimum atomic E-state index is -1.02. The molecule has 0 spiro atoms. The number of methoxy groups -OCH3 is 1. The predicted octanol–water partition coefficient (Wildman–Crippen LogP) is 1.82. The highest BCUT2D eigenvalue weighted by molar-refractivity contribution is 6.30. The molecule has 0 aliphatic heterocycles. The SMILES string of the molecule is COc1cccc(N(C)CC(Cl)C(=O)O)c1. The maximum Gasteiger partial charge on any atom is 0.323 e. The van der Waals surface area contributed by atoms with Crippen LogP contribution in [0, 0.1) is 0 Å². The van der Waals surface area contributed by atoms with Crippen molar-refractivity contribution in [3.8, 4) is 5.75 Å². The summed E-state index contributed by atoms with van der Waals surface area (Å²) in [4.78, 5) is 12.4. The molecule has 0 aromatic heterocycles. The van der Waals surface area contributed by atoms with E-state index in [1.54, 1.807) is 19.1 Å². The largest absolute Gasteiger partial charge is 0.497 e. The van der Waals surface area contributed by atoms with Crippen molar-refractivity contribution in [3.05, 3.63) is 24.3 Å². The van der Waals surface area contributed by atoms with E-state index in [-0.39, 0.29) is 6.54 Å². The third kappa shape index (κ3) is 3.31. The first kappa shape index (κ1) is 12.6. The molecule has 1 rings (SSSR count). The van der Waals surface area contributed by atoms with Gasteiger partial charge in [-0.25, -0.2) is 0 Å². The summed E-state index contributed by atoms with van der Waals surface area (Å²) in [5.74, 6) is -0.290. The number of ether oxygens (including phenoxy) is 1. The molecule has 16 heavy (non-hydrogen) atoms. The molecule has 1 aromatic rings. The van der Waals surface area contributed by atoms with Crippen molar-refractivity contribution in [2.45, 2.75) is 5.38 Å². The third-order valence-corrected chi connectivity index (χ3v) is 2.52. The number of hydrogen-bond donors (Lipinski definition) is 1. The van der Waals surface area contributed by atoms with Gasteiger partial charge >= 0.3 is 5.97 Å². The Kier molecular flexibility index (Phi) is 4.43. The number of rotatable bonds is 5. The number of carbonyl (C=O) groups is 1. The lowest BCUT2D eigenvalue weighted by Crippen LogP contribution is -2.30. The van der Waals surface area contributed by atoms with Crippen LogP contribution in [-0.4, -0.2) is 37.2 Å². The summed E-state index contributed by atoms with van der Waals surface area (Å²) in [5, 5.41) is 7.78. The average molecular weight is 244 g/mol. The number of benzene rings is 1. The van der Waals surface area contributed by atoms with E-state index in [9.17, 15) is 4.79 Å². The molecule has 1 aromatic carbocycles. The second-order valence-corrected chi connectivity index (χ2v) is 3.91. The van der Waals surface area contributed by atoms with Crippen LogP contribution < -0.4 is 9.64 Å². The molecule has 0 saturated heterocycles. The van der Waals surface area contributed by atoms with Crippen molar-refractivity contribution < 1.29 is 14.6 Å². The molecular formula is C11H14ClNO3. The molecule has 0 radical (unpaired) electrons. The van der Waals surface area contributed by atoms with E-state index in [4.69, 9.17) is 21.4 Å². The highest BCUT2D eigenvalue weighted by atomic mass is 35.5. The van der Waals surface area contributed by atoms with Gasteiger partial charge in [0, 0.05) is 25.3 Å². The number of carboxylic acid groups (broad SMARTS) is 1. The van der Waals surface area contributed by atoms with E-state index in [2.05, 4.69) is 0 Å². The van der Waals surface area contributed by atoms with Gasteiger partial charge in [-0.1, -0.05) is 6.07 Å². The van der Waals surface area contributed by atoms with Crippen molar-refractivity contribution in [1.29, 1.82) is 0 Å². The van der Waals surface area contributed by atoms with Gasteiger partial charge < -0.3 is 14.7 Å². The fourth-order valence-electron chi connectivity index (χ4n) is 1.27. The van der Waals surface area contributed by atoms with Gasteiger partial charge in [0.1, 0.15) is 11.1 Å². The van der Waals surface area contributed by atoms with Crippen LogP contribution in [0.4, 0.5) is 5.69 Å². The van der Waals surface area contributed by atoms with Gasteiger partial charge in [-0.05, 0) is 12.1 Å². The van der Waals surface area contributed by atoms with Gasteiger partial charge in [0.15, 0.2) is 0 Å². The molecule has 1 unspecified atom stereocenters. The van der Waals surface area contributed by atoms with Crippen molar-refractivity contribution >= 4 is 23.3 Å². The fourth-order valence-corrected chi connectivity index (χ4v) is 1.48. The molecule has 1 N–H and O–H groups in total. The van der Waals surface area contributed by atoms with Crippen LogP contribution in [0.1, 0.15) is 0 Å². The van der Waals surface area contributed by atoms with Gasteiger partial charge in [-0.2, -0.15) is 0 Å². The van der Waals surface area contributed by atoms with Crippen molar-refractivity contribution in [2.24, 2.45) is 0 Å². The standard InChI is InChI=1S/C11H14ClNO3/c1-13(7-10(12)11(14)15)8-4-3-5-9(6-8)16-2/h3-6,10H,7H2,1-2H3,(H,14,15). The highest BCUT2D eigenvalue weighted by Gasteiger charge is 2.16. The Balaban J connectivity index is 2.72. The molecule has 5 heteroatoms. The number of alkyl halides is 1. The number of aliphatic carboxylic acids is 1. The Morgan fingerprint density at radius 3 is 2.88 bits per heavy atom. The first-order chi connectivity index (χ1) is 7.54. The first-order valence-electron chi connectivity index (χ1n) is 4.76. The Morgan fingerprint density at radius 1 is 1.62 bits per heavy atom. The normalized spacial score (nSPS) is 11.9. The van der Waals surface area contributed by atoms with Gasteiger partial charge in [0.05, 0.1) is 7.11 Å². The molecule has 0 bridgehead atoms. The zero-order valence-corrected chi connectivity index (χ0v) is 9.94. The Morgan fingerprint density at radius 2 is 2.31 bits per heavy atom. The number of hydrogen-bond acceptors (Lipinski definition) is 3. The first-order valence-corrected chi connectivity index (χ1v) is 5.20. The number of anilines is 1. The van der Waals surface area contributed by atoms with E-state index in [1.807, 2.05) is 24.3 Å². The van der Waals surface area contributed by atoms with E-state index < -0.39 is 11.3 Å². The van der Waals surface area contributed by atoms with Crippen LogP contribution in [0.2, 0.25) is 0 Å². The molecule has 0 heterocycles. The molecule has 0 amide bonds. The van der Waals surface area contributed by atoms with Gasteiger partial charge in [-0.15, -0.1) is 11.6 Å². The Hall–Kier alpha value is -1.42. The predicted molar refractivity (Wildman–Crippen MR) is 63.5 cm³/mol. The maximum atomic E-state index is 10.6. The molecule has 0 fully saturated rings. The van der Waals surface area contributed by atoms with Gasteiger partial charge in [0.25, 0.3) is 0 Å². The summed E-state index contributed by atoms with van der Waals surface area (Å²) in [6, 6.07) is 7.36. The minimum Gasteiger partial charge on any atom is -0.497 e. The van der Waals surface area contributed by atoms with E-state index >= 15 is 0 Å². The quantitative estimate of drug-likeness (QED) is 0.802. The second kappa shape index (κ2) is 5.61. The minimum absolute atomic E-state index is 0.240. The lowest BCUT2D eigenvalue weighted by Gasteiger charge is -2.20. The van der Waals surface area contributed by atoms with Crippen molar-refractivity contribution in [3.63, 3.8) is 0 Å². The Labute approximate surface area is 99.4 Å². The smallest absolute Gasteiger partial charge is 0.323 e. The Bertz CT molecular complexity index is 370. The summed E-state index contributed by atoms with van der Waals surface area (Å²) in [7, 11) is 3.37. The monoisotopic (exact) mass is 243 g/mol. The molecule has 0 aliphatic rings. The van der Waals surface area contributed by atoms with Crippen molar-refractivity contribution in [2.75, 3.05) is 25.6 Å². The van der Waals surface area contributed by atoms with E-state index in [0.717, 1.165) is 11.4 Å². The molecule has 0 saturated carbocycles. The number of nitrogens with zero attached hydrogens (tertiary/aromatic N) is 1. The molecule has 88 valence electrons. The van der Waals surface area contributed by atoms with Crippen LogP contribution in [-0.2, 0) is 4.79 Å². The van der Waals surface area contributed by atoms with Crippen LogP contribution in [0.3, 0.4) is 0 Å². The zero-order valence-electron chi connectivity index (χ0n) is 9.18. The van der Waals surface area contributed by atoms with Crippen LogP contribution >= 0.6 is 11.6 Å². The lowest BCUT2D eigenvalue weighted by atomic mass is 10.2. The molecule has 0 aliphatic carbocycles. The summed E-state index contributed by atoms with van der Waals surface area (Å²) < 4.78 is 5.08. The van der Waals surface area contributed by atoms with Crippen LogP contribution in [0.5, 0.6) is 5.75 Å². The maximum absolute atomic E-state index is 10.6. The summed E-state index contributed by atoms with van der Waals surface area (Å²) in [6.45, 7) is 0.240. The topological polar surface area (TPSA) is 49.8 Å². The van der Waals surface area contributed by atoms with E-state index in [1.165, 1.54) is 0 Å². The van der Waals surface area contributed by atoms with Gasteiger partial charge in [-0.3, -0.25) is 4.79 Å². The summed E-state index contributed by atoms with van der Waals surface area (Å²) >= 11 is 5.66. The lowest BCUT2D eigenvalue weighted by molar-refractivity contribution is -0.136. The summed E-state index contributed by atoms with van der Waals surface area (Å²) in [6.07, 6.45) is 0. The average Bonchev–Trinajstić information content (AvgIpc) is 2.28. The fraction of sp³-hybridized carbons (Fsp3) is 0.364. The second-order valence-electron chi connectivity index (χ2n) is 3.39. The highest BCUT2D eigenvalue weighted by Crippen LogP contribution is 2.20. The number of halogens is 1. The molecular weight excluding hydrogens is 230 g/mol. The summed E-state index contributed by atoms with van der Waals surface area (Å²) in [5.41, 5.74) is 0.867. The van der Waals surface area contributed by atoms with Crippen LogP contribution in [0.15, 0.2) is 24.3 Å². The molecule has 4 nitrogen and oxygen atoms in total.